The van der Waals surface area contributed by atoms with Crippen molar-refractivity contribution in [3.8, 4) is 17.2 Å². The van der Waals surface area contributed by atoms with Gasteiger partial charge in [0.1, 0.15) is 29.9 Å². The molecule has 3 aromatic carbocycles. The lowest BCUT2D eigenvalue weighted by atomic mass is 9.84. The third-order valence-corrected chi connectivity index (χ3v) is 7.63. The second-order valence-corrected chi connectivity index (χ2v) is 10.4. The van der Waals surface area contributed by atoms with Gasteiger partial charge in [0.2, 0.25) is 0 Å². The molecule has 0 amide bonds. The van der Waals surface area contributed by atoms with E-state index in [1.807, 2.05) is 36.4 Å². The van der Waals surface area contributed by atoms with Gasteiger partial charge >= 0.3 is 0 Å². The van der Waals surface area contributed by atoms with Gasteiger partial charge in [-0.3, -0.25) is 4.79 Å². The van der Waals surface area contributed by atoms with E-state index in [-0.39, 0.29) is 17.8 Å². The van der Waals surface area contributed by atoms with Crippen LogP contribution >= 0.6 is 0 Å². The third kappa shape index (κ3) is 7.11. The van der Waals surface area contributed by atoms with E-state index in [4.69, 9.17) is 18.9 Å². The highest BCUT2D eigenvalue weighted by Crippen LogP contribution is 2.35. The number of hydrogen-bond acceptors (Lipinski definition) is 9. The molecule has 2 heterocycles. The highest BCUT2D eigenvalue weighted by atomic mass is 16.5. The van der Waals surface area contributed by atoms with E-state index in [1.165, 1.54) is 6.92 Å². The summed E-state index contributed by atoms with van der Waals surface area (Å²) >= 11 is 0. The van der Waals surface area contributed by atoms with Crippen molar-refractivity contribution in [2.45, 2.75) is 38.0 Å². The van der Waals surface area contributed by atoms with Crippen LogP contribution < -0.4 is 19.7 Å². The average molecular weight is 560 g/mol. The molecule has 0 bridgehead atoms. The fraction of sp³-hybridized carbons (Fsp3) is 0.406. The predicted octanol–water partition coefficient (Wildman–Crippen LogP) is 5.32. The van der Waals surface area contributed by atoms with E-state index in [0.717, 1.165) is 48.7 Å². The Morgan fingerprint density at radius 3 is 2.51 bits per heavy atom. The van der Waals surface area contributed by atoms with Crippen molar-refractivity contribution in [3.05, 3.63) is 88.3 Å². The maximum Gasteiger partial charge on any atom is 0.159 e. The molecule has 2 aliphatic heterocycles. The quantitative estimate of drug-likeness (QED) is 0.181. The molecule has 3 aromatic rings. The molecule has 2 aliphatic rings. The largest absolute Gasteiger partial charge is 0.490 e. The molecule has 0 saturated carbocycles. The number of carbonyl (C=O) groups excluding carboxylic acids is 1. The molecule has 0 spiro atoms. The zero-order valence-electron chi connectivity index (χ0n) is 23.6. The van der Waals surface area contributed by atoms with Crippen LogP contribution in [0.2, 0.25) is 0 Å². The van der Waals surface area contributed by atoms with Crippen molar-refractivity contribution in [1.29, 1.82) is 0 Å². The molecule has 216 valence electrons. The molecule has 1 fully saturated rings. The fourth-order valence-corrected chi connectivity index (χ4v) is 5.47. The van der Waals surface area contributed by atoms with Crippen molar-refractivity contribution in [2.24, 2.45) is 5.18 Å². The number of rotatable bonds is 12. The number of fused-ring (bicyclic) bond motifs is 1. The van der Waals surface area contributed by atoms with Gasteiger partial charge in [-0.2, -0.15) is 4.91 Å². The van der Waals surface area contributed by atoms with Crippen LogP contribution in [0.15, 0.2) is 71.9 Å². The Bertz CT molecular complexity index is 1310. The minimum atomic E-state index is -0.451. The lowest BCUT2D eigenvalue weighted by molar-refractivity contribution is 0.00539. The first-order valence-electron chi connectivity index (χ1n) is 14.1. The number of hydrogen-bond donors (Lipinski definition) is 1. The summed E-state index contributed by atoms with van der Waals surface area (Å²) in [4.78, 5) is 25.7. The monoisotopic (exact) mass is 559 g/mol. The van der Waals surface area contributed by atoms with Gasteiger partial charge in [-0.25, -0.2) is 0 Å². The molecule has 1 saturated heterocycles. The van der Waals surface area contributed by atoms with Crippen LogP contribution in [-0.2, 0) is 16.1 Å². The molecule has 0 aliphatic carbocycles. The van der Waals surface area contributed by atoms with E-state index in [0.29, 0.717) is 43.4 Å². The second-order valence-electron chi connectivity index (χ2n) is 10.4. The summed E-state index contributed by atoms with van der Waals surface area (Å²) in [6.07, 6.45) is 0.713. The Labute approximate surface area is 240 Å². The number of nitrogens with zero attached hydrogens (tertiary/aromatic N) is 2. The number of carbonyl (C=O) groups is 1. The van der Waals surface area contributed by atoms with Crippen LogP contribution in [0, 0.1) is 4.91 Å². The van der Waals surface area contributed by atoms with Crippen LogP contribution in [0.25, 0.3) is 0 Å². The fourth-order valence-electron chi connectivity index (χ4n) is 5.47. The van der Waals surface area contributed by atoms with Gasteiger partial charge in [-0.15, -0.1) is 0 Å². The van der Waals surface area contributed by atoms with E-state index >= 15 is 0 Å². The van der Waals surface area contributed by atoms with Crippen LogP contribution in [0.3, 0.4) is 0 Å². The summed E-state index contributed by atoms with van der Waals surface area (Å²) in [6, 6.07) is 20.5. The maximum absolute atomic E-state index is 11.8. The number of Topliss-reactive ketones (excluding diaryl/α,β-unsaturated/α-hetero) is 1. The molecule has 41 heavy (non-hydrogen) atoms. The Kier molecular flexibility index (Phi) is 9.61. The summed E-state index contributed by atoms with van der Waals surface area (Å²) in [6.45, 7) is 6.20. The molecule has 1 N–H and O–H groups in total. The van der Waals surface area contributed by atoms with Crippen LogP contribution in [-0.4, -0.2) is 64.4 Å². The minimum absolute atomic E-state index is 0.0125. The molecule has 9 heteroatoms. The predicted molar refractivity (Wildman–Crippen MR) is 157 cm³/mol. The van der Waals surface area contributed by atoms with E-state index in [1.54, 1.807) is 31.4 Å². The van der Waals surface area contributed by atoms with Crippen LogP contribution in [0.4, 0.5) is 5.69 Å². The molecule has 0 radical (unpaired) electrons. The smallest absolute Gasteiger partial charge is 0.159 e. The van der Waals surface area contributed by atoms with Gasteiger partial charge in [0, 0.05) is 44.8 Å². The standard InChI is InChI=1S/C32H37N3O6/c1-22(36)24-5-9-26(10-6-24)41-27-11-7-25(8-12-27)32-28(34-37)19-33-20-31(32)40-21-23-4-13-30-29(18-23)35(15-17-39-30)14-3-16-38-2/h4-13,18,28,31-33H,3,14-17,19-21H2,1-2H3/t28-,31+,32+/m1/s1. The molecular formula is C32H37N3O6. The molecule has 5 rings (SSSR count). The summed E-state index contributed by atoms with van der Waals surface area (Å²) in [5.74, 6) is 2.02. The summed E-state index contributed by atoms with van der Waals surface area (Å²) in [5.41, 5.74) is 3.74. The highest BCUT2D eigenvalue weighted by molar-refractivity contribution is 5.94. The number of ketones is 1. The molecule has 0 unspecified atom stereocenters. The summed E-state index contributed by atoms with van der Waals surface area (Å²) in [7, 11) is 1.72. The van der Waals surface area contributed by atoms with E-state index in [9.17, 15) is 9.70 Å². The summed E-state index contributed by atoms with van der Waals surface area (Å²) in [5, 5.41) is 6.75. The third-order valence-electron chi connectivity index (χ3n) is 7.63. The number of nitrogens with one attached hydrogen (secondary N) is 1. The number of piperidine rings is 1. The van der Waals surface area contributed by atoms with Gasteiger partial charge in [0.15, 0.2) is 5.78 Å². The molecular weight excluding hydrogens is 522 g/mol. The average Bonchev–Trinajstić information content (AvgIpc) is 3.00. The lowest BCUT2D eigenvalue weighted by Crippen LogP contribution is -2.48. The number of methoxy groups -OCH3 is 1. The van der Waals surface area contributed by atoms with E-state index in [2.05, 4.69) is 21.5 Å². The Morgan fingerprint density at radius 2 is 1.80 bits per heavy atom. The summed E-state index contributed by atoms with van der Waals surface area (Å²) < 4.78 is 23.5. The molecule has 3 atom stereocenters. The molecule has 9 nitrogen and oxygen atoms in total. The molecule has 0 aromatic heterocycles. The SMILES string of the molecule is COCCCN1CCOc2ccc(CO[C@H]3CNC[C@@H](N=O)[C@@H]3c3ccc(Oc4ccc(C(C)=O)cc4)cc3)cc21. The van der Waals surface area contributed by atoms with Gasteiger partial charge in [-0.1, -0.05) is 23.4 Å². The second kappa shape index (κ2) is 13.7. The Hall–Kier alpha value is -3.79. The maximum atomic E-state index is 11.8. The van der Waals surface area contributed by atoms with Crippen molar-refractivity contribution in [1.82, 2.24) is 5.32 Å². The number of benzene rings is 3. The number of nitroso groups, excluding NO2 is 1. The van der Waals surface area contributed by atoms with Crippen molar-refractivity contribution in [3.63, 3.8) is 0 Å². The Morgan fingerprint density at radius 1 is 1.05 bits per heavy atom. The van der Waals surface area contributed by atoms with Gasteiger partial charge in [0.25, 0.3) is 0 Å². The first-order valence-corrected chi connectivity index (χ1v) is 14.1. The van der Waals surface area contributed by atoms with Crippen molar-refractivity contribution in [2.75, 3.05) is 51.4 Å². The van der Waals surface area contributed by atoms with Crippen LogP contribution in [0.1, 0.15) is 40.7 Å². The van der Waals surface area contributed by atoms with Gasteiger partial charge < -0.3 is 29.2 Å². The van der Waals surface area contributed by atoms with Gasteiger partial charge in [-0.05, 0) is 73.0 Å². The first kappa shape index (κ1) is 28.7. The highest BCUT2D eigenvalue weighted by Gasteiger charge is 2.36. The first-order chi connectivity index (χ1) is 20.1. The number of ether oxygens (including phenoxy) is 4. The normalized spacial score (nSPS) is 20.1. The zero-order valence-corrected chi connectivity index (χ0v) is 23.6. The van der Waals surface area contributed by atoms with Crippen molar-refractivity contribution < 1.29 is 23.7 Å². The minimum Gasteiger partial charge on any atom is -0.490 e. The van der Waals surface area contributed by atoms with E-state index < -0.39 is 6.04 Å². The number of anilines is 1. The van der Waals surface area contributed by atoms with Crippen LogP contribution in [0.5, 0.6) is 17.2 Å². The van der Waals surface area contributed by atoms with Crippen molar-refractivity contribution >= 4 is 11.5 Å². The topological polar surface area (TPSA) is 98.7 Å². The zero-order chi connectivity index (χ0) is 28.6. The lowest BCUT2D eigenvalue weighted by Gasteiger charge is -2.36. The van der Waals surface area contributed by atoms with Gasteiger partial charge in [0.05, 0.1) is 24.9 Å². The Balaban J connectivity index is 1.26.